The zero-order valence-corrected chi connectivity index (χ0v) is 13.1. The van der Waals surface area contributed by atoms with Crippen molar-refractivity contribution in [2.75, 3.05) is 7.05 Å². The van der Waals surface area contributed by atoms with Gasteiger partial charge in [0, 0.05) is 16.6 Å². The summed E-state index contributed by atoms with van der Waals surface area (Å²) in [6.45, 7) is 3.03. The second-order valence-corrected chi connectivity index (χ2v) is 5.56. The fourth-order valence-electron chi connectivity index (χ4n) is 1.97. The van der Waals surface area contributed by atoms with E-state index in [0.29, 0.717) is 6.61 Å². The van der Waals surface area contributed by atoms with Crippen molar-refractivity contribution in [3.63, 3.8) is 0 Å². The van der Waals surface area contributed by atoms with E-state index in [1.165, 1.54) is 12.1 Å². The third-order valence-electron chi connectivity index (χ3n) is 3.08. The molecule has 1 N–H and O–H groups in total. The Morgan fingerprint density at radius 3 is 2.70 bits per heavy atom. The Kier molecular flexibility index (Phi) is 5.15. The lowest BCUT2D eigenvalue weighted by Gasteiger charge is -2.13. The molecule has 20 heavy (non-hydrogen) atoms. The molecule has 106 valence electrons. The molecular weight excluding hydrogens is 321 g/mol. The fourth-order valence-corrected chi connectivity index (χ4v) is 2.38. The van der Waals surface area contributed by atoms with Crippen LogP contribution in [-0.2, 0) is 13.2 Å². The van der Waals surface area contributed by atoms with Gasteiger partial charge in [0.15, 0.2) is 0 Å². The monoisotopic (exact) mass is 337 g/mol. The van der Waals surface area contributed by atoms with E-state index < -0.39 is 0 Å². The number of hydrogen-bond donors (Lipinski definition) is 1. The van der Waals surface area contributed by atoms with Crippen molar-refractivity contribution in [3.05, 3.63) is 63.4 Å². The molecular formula is C16H17BrFNO. The minimum absolute atomic E-state index is 0.236. The number of rotatable bonds is 5. The van der Waals surface area contributed by atoms with E-state index in [0.717, 1.165) is 33.5 Å². The van der Waals surface area contributed by atoms with E-state index in [1.54, 1.807) is 6.07 Å². The molecule has 0 aliphatic carbocycles. The number of ether oxygens (including phenoxy) is 1. The van der Waals surface area contributed by atoms with Crippen LogP contribution in [0.3, 0.4) is 0 Å². The summed E-state index contributed by atoms with van der Waals surface area (Å²) in [5.74, 6) is 0.576. The molecule has 0 bridgehead atoms. The summed E-state index contributed by atoms with van der Waals surface area (Å²) in [5.41, 5.74) is 2.96. The van der Waals surface area contributed by atoms with E-state index in [-0.39, 0.29) is 5.82 Å². The summed E-state index contributed by atoms with van der Waals surface area (Å²) < 4.78 is 20.1. The molecule has 0 aliphatic heterocycles. The predicted octanol–water partition coefficient (Wildman–Crippen LogP) is 4.20. The van der Waals surface area contributed by atoms with E-state index in [9.17, 15) is 4.39 Å². The van der Waals surface area contributed by atoms with Crippen molar-refractivity contribution in [1.82, 2.24) is 5.32 Å². The minimum Gasteiger partial charge on any atom is -0.489 e. The van der Waals surface area contributed by atoms with Crippen LogP contribution in [-0.4, -0.2) is 7.05 Å². The van der Waals surface area contributed by atoms with E-state index in [1.807, 2.05) is 32.2 Å². The van der Waals surface area contributed by atoms with Gasteiger partial charge in [0.2, 0.25) is 0 Å². The number of benzene rings is 2. The van der Waals surface area contributed by atoms with Crippen LogP contribution in [0, 0.1) is 12.7 Å². The van der Waals surface area contributed by atoms with E-state index in [2.05, 4.69) is 21.2 Å². The molecule has 2 aromatic carbocycles. The number of halogens is 2. The Morgan fingerprint density at radius 2 is 1.95 bits per heavy atom. The smallest absolute Gasteiger partial charge is 0.124 e. The molecule has 0 unspecified atom stereocenters. The van der Waals surface area contributed by atoms with Crippen molar-refractivity contribution >= 4 is 15.9 Å². The molecule has 0 aromatic heterocycles. The van der Waals surface area contributed by atoms with Gasteiger partial charge in [-0.05, 0) is 55.4 Å². The van der Waals surface area contributed by atoms with E-state index >= 15 is 0 Å². The van der Waals surface area contributed by atoms with Crippen LogP contribution >= 0.6 is 15.9 Å². The molecule has 2 aromatic rings. The third-order valence-corrected chi connectivity index (χ3v) is 3.58. The summed E-state index contributed by atoms with van der Waals surface area (Å²) >= 11 is 3.45. The maximum Gasteiger partial charge on any atom is 0.124 e. The van der Waals surface area contributed by atoms with Gasteiger partial charge in [-0.25, -0.2) is 4.39 Å². The highest BCUT2D eigenvalue weighted by atomic mass is 79.9. The Bertz CT molecular complexity index is 601. The topological polar surface area (TPSA) is 21.3 Å². The van der Waals surface area contributed by atoms with Crippen LogP contribution in [0.2, 0.25) is 0 Å². The van der Waals surface area contributed by atoms with Crippen LogP contribution in [0.5, 0.6) is 5.75 Å². The van der Waals surface area contributed by atoms with Crippen LogP contribution < -0.4 is 10.1 Å². The first-order valence-corrected chi connectivity index (χ1v) is 7.20. The van der Waals surface area contributed by atoms with Crippen molar-refractivity contribution in [2.24, 2.45) is 0 Å². The van der Waals surface area contributed by atoms with Gasteiger partial charge in [-0.1, -0.05) is 22.0 Å². The zero-order chi connectivity index (χ0) is 14.5. The molecule has 0 aliphatic rings. The molecule has 0 saturated heterocycles. The van der Waals surface area contributed by atoms with Gasteiger partial charge in [0.25, 0.3) is 0 Å². The number of hydrogen-bond acceptors (Lipinski definition) is 2. The zero-order valence-electron chi connectivity index (χ0n) is 11.5. The standard InChI is InChI=1S/C16H17BrFNO/c1-11-3-5-15(18)8-13(11)10-20-16-6-4-14(17)7-12(16)9-19-2/h3-8,19H,9-10H2,1-2H3. The minimum atomic E-state index is -0.236. The maximum absolute atomic E-state index is 13.3. The largest absolute Gasteiger partial charge is 0.489 e. The SMILES string of the molecule is CNCc1cc(Br)ccc1OCc1cc(F)ccc1C. The molecule has 0 saturated carbocycles. The quantitative estimate of drug-likeness (QED) is 0.882. The number of nitrogens with one attached hydrogen (secondary N) is 1. The van der Waals surface area contributed by atoms with Crippen molar-refractivity contribution in [1.29, 1.82) is 0 Å². The van der Waals surface area contributed by atoms with Gasteiger partial charge < -0.3 is 10.1 Å². The first kappa shape index (κ1) is 15.0. The lowest BCUT2D eigenvalue weighted by atomic mass is 10.1. The molecule has 0 heterocycles. The molecule has 0 fully saturated rings. The summed E-state index contributed by atoms with van der Waals surface area (Å²) in [5, 5.41) is 3.11. The molecule has 4 heteroatoms. The maximum atomic E-state index is 13.3. The van der Waals surface area contributed by atoms with Crippen LogP contribution in [0.15, 0.2) is 40.9 Å². The summed E-state index contributed by atoms with van der Waals surface area (Å²) in [7, 11) is 1.89. The number of aryl methyl sites for hydroxylation is 1. The highest BCUT2D eigenvalue weighted by Crippen LogP contribution is 2.24. The second kappa shape index (κ2) is 6.86. The Morgan fingerprint density at radius 1 is 1.15 bits per heavy atom. The first-order valence-electron chi connectivity index (χ1n) is 6.41. The summed E-state index contributed by atoms with van der Waals surface area (Å²) in [4.78, 5) is 0. The molecule has 0 amide bonds. The molecule has 2 nitrogen and oxygen atoms in total. The Balaban J connectivity index is 2.16. The summed E-state index contributed by atoms with van der Waals surface area (Å²) in [6.07, 6.45) is 0. The van der Waals surface area contributed by atoms with Crippen molar-refractivity contribution in [3.8, 4) is 5.75 Å². The highest BCUT2D eigenvalue weighted by Gasteiger charge is 2.06. The molecule has 2 rings (SSSR count). The Labute approximate surface area is 127 Å². The highest BCUT2D eigenvalue weighted by molar-refractivity contribution is 9.10. The van der Waals surface area contributed by atoms with Gasteiger partial charge in [0.05, 0.1) is 0 Å². The first-order chi connectivity index (χ1) is 9.60. The lowest BCUT2D eigenvalue weighted by Crippen LogP contribution is -2.08. The average molecular weight is 338 g/mol. The molecule has 0 radical (unpaired) electrons. The third kappa shape index (κ3) is 3.81. The van der Waals surface area contributed by atoms with Gasteiger partial charge in [-0.15, -0.1) is 0 Å². The van der Waals surface area contributed by atoms with Gasteiger partial charge in [-0.2, -0.15) is 0 Å². The average Bonchev–Trinajstić information content (AvgIpc) is 2.42. The van der Waals surface area contributed by atoms with Crippen molar-refractivity contribution < 1.29 is 9.13 Å². The van der Waals surface area contributed by atoms with Crippen LogP contribution in [0.25, 0.3) is 0 Å². The van der Waals surface area contributed by atoms with Crippen LogP contribution in [0.1, 0.15) is 16.7 Å². The fraction of sp³-hybridized carbons (Fsp3) is 0.250. The molecule has 0 atom stereocenters. The van der Waals surface area contributed by atoms with Crippen LogP contribution in [0.4, 0.5) is 4.39 Å². The van der Waals surface area contributed by atoms with Crippen molar-refractivity contribution in [2.45, 2.75) is 20.1 Å². The second-order valence-electron chi connectivity index (χ2n) is 4.64. The normalized spacial score (nSPS) is 10.6. The van der Waals surface area contributed by atoms with E-state index in [4.69, 9.17) is 4.74 Å². The lowest BCUT2D eigenvalue weighted by molar-refractivity contribution is 0.301. The predicted molar refractivity (Wildman–Crippen MR) is 82.4 cm³/mol. The molecule has 0 spiro atoms. The summed E-state index contributed by atoms with van der Waals surface area (Å²) in [6, 6.07) is 10.6. The van der Waals surface area contributed by atoms with Gasteiger partial charge in [0.1, 0.15) is 18.2 Å². The van der Waals surface area contributed by atoms with Gasteiger partial charge in [-0.3, -0.25) is 0 Å². The van der Waals surface area contributed by atoms with Gasteiger partial charge >= 0.3 is 0 Å². The Hall–Kier alpha value is -1.39.